The third kappa shape index (κ3) is 12.0. The minimum Gasteiger partial charge on any atom is -0.305 e. The van der Waals surface area contributed by atoms with Gasteiger partial charge >= 0.3 is 0 Å². The first kappa shape index (κ1) is 9.16. The molecule has 0 saturated carbocycles. The van der Waals surface area contributed by atoms with Crippen LogP contribution in [0.25, 0.3) is 0 Å². The summed E-state index contributed by atoms with van der Waals surface area (Å²) in [5.74, 6) is 4.53. The largest absolute Gasteiger partial charge is 0.305 e. The van der Waals surface area contributed by atoms with Crippen LogP contribution < -0.4 is 5.90 Å². The summed E-state index contributed by atoms with van der Waals surface area (Å²) < 4.78 is 0. The van der Waals surface area contributed by atoms with E-state index in [1.165, 1.54) is 0 Å². The van der Waals surface area contributed by atoms with Crippen LogP contribution in [0.15, 0.2) is 0 Å². The van der Waals surface area contributed by atoms with Crippen LogP contribution in [0.1, 0.15) is 6.92 Å². The topological polar surface area (TPSA) is 35.2 Å². The van der Waals surface area contributed by atoms with Crippen LogP contribution in [0.4, 0.5) is 0 Å². The Labute approximate surface area is 46.5 Å². The quantitative estimate of drug-likeness (QED) is 0.376. The molecular formula is C2H7NOTi. The Kier molecular flexibility index (Phi) is 16.2. The average molecular weight is 109 g/mol. The van der Waals surface area contributed by atoms with Gasteiger partial charge in [-0.2, -0.15) is 0 Å². The van der Waals surface area contributed by atoms with Gasteiger partial charge in [0, 0.05) is 21.7 Å². The van der Waals surface area contributed by atoms with Crippen molar-refractivity contribution < 1.29 is 26.6 Å². The Morgan fingerprint density at radius 2 is 2.00 bits per heavy atom. The fraction of sp³-hybridized carbons (Fsp3) is 1.00. The Morgan fingerprint density at radius 3 is 2.00 bits per heavy atom. The molecule has 0 radical (unpaired) electrons. The van der Waals surface area contributed by atoms with Gasteiger partial charge in [-0.25, -0.2) is 5.90 Å². The standard InChI is InChI=1S/C2H7NO.Ti/c1-2-4-3;/h2-3H2,1H3;. The molecule has 0 aliphatic carbocycles. The fourth-order valence-corrected chi connectivity index (χ4v) is 0. The molecule has 0 rings (SSSR count). The molecule has 0 amide bonds. The van der Waals surface area contributed by atoms with Crippen molar-refractivity contribution in [3.8, 4) is 0 Å². The summed E-state index contributed by atoms with van der Waals surface area (Å²) in [6.45, 7) is 2.43. The molecule has 0 aromatic rings. The van der Waals surface area contributed by atoms with E-state index >= 15 is 0 Å². The van der Waals surface area contributed by atoms with Crippen LogP contribution in [-0.4, -0.2) is 6.61 Å². The molecule has 0 bridgehead atoms. The SMILES string of the molecule is CCON.[Ti]. The van der Waals surface area contributed by atoms with Gasteiger partial charge in [-0.15, -0.1) is 0 Å². The molecule has 0 atom stereocenters. The molecule has 0 aliphatic rings. The van der Waals surface area contributed by atoms with Crippen molar-refractivity contribution in [2.45, 2.75) is 6.92 Å². The molecular weight excluding hydrogens is 102 g/mol. The first-order valence-electron chi connectivity index (χ1n) is 1.23. The molecule has 0 heterocycles. The minimum atomic E-state index is 0. The van der Waals surface area contributed by atoms with Gasteiger partial charge in [0.15, 0.2) is 0 Å². The third-order valence-electron chi connectivity index (χ3n) is 0.167. The monoisotopic (exact) mass is 109 g/mol. The van der Waals surface area contributed by atoms with Gasteiger partial charge in [0.25, 0.3) is 0 Å². The second-order valence-corrected chi connectivity index (χ2v) is 0.455. The molecule has 3 heteroatoms. The molecule has 0 saturated heterocycles. The predicted molar refractivity (Wildman–Crippen MR) is 15.8 cm³/mol. The molecule has 0 aromatic heterocycles. The summed E-state index contributed by atoms with van der Waals surface area (Å²) in [5, 5.41) is 0. The molecule has 2 N–H and O–H groups in total. The van der Waals surface area contributed by atoms with Gasteiger partial charge in [-0.05, 0) is 6.92 Å². The second-order valence-electron chi connectivity index (χ2n) is 0.455. The summed E-state index contributed by atoms with van der Waals surface area (Å²) in [4.78, 5) is 4.04. The number of hydrogen-bond donors (Lipinski definition) is 1. The van der Waals surface area contributed by atoms with Crippen molar-refractivity contribution in [3.63, 3.8) is 0 Å². The summed E-state index contributed by atoms with van der Waals surface area (Å²) in [5.41, 5.74) is 0. The zero-order chi connectivity index (χ0) is 3.41. The molecule has 0 aliphatic heterocycles. The van der Waals surface area contributed by atoms with Crippen molar-refractivity contribution >= 4 is 0 Å². The van der Waals surface area contributed by atoms with Gasteiger partial charge in [-0.1, -0.05) is 0 Å². The average Bonchev–Trinajstić information content (AvgIpc) is 1.37. The maximum Gasteiger partial charge on any atom is 0.0651 e. The van der Waals surface area contributed by atoms with E-state index < -0.39 is 0 Å². The van der Waals surface area contributed by atoms with Crippen LogP contribution >= 0.6 is 0 Å². The van der Waals surface area contributed by atoms with Gasteiger partial charge in [0.2, 0.25) is 0 Å². The van der Waals surface area contributed by atoms with Gasteiger partial charge in [0.1, 0.15) is 0 Å². The summed E-state index contributed by atoms with van der Waals surface area (Å²) in [6, 6.07) is 0. The van der Waals surface area contributed by atoms with Gasteiger partial charge in [0.05, 0.1) is 6.61 Å². The Bertz CT molecular complexity index is 11.6. The predicted octanol–water partition coefficient (Wildman–Crippen LogP) is -0.106. The van der Waals surface area contributed by atoms with E-state index in [-0.39, 0.29) is 21.7 Å². The zero-order valence-electron chi connectivity index (χ0n) is 3.19. The molecule has 0 fully saturated rings. The Morgan fingerprint density at radius 1 is 1.80 bits per heavy atom. The van der Waals surface area contributed by atoms with E-state index in [0.717, 1.165) is 0 Å². The third-order valence-corrected chi connectivity index (χ3v) is 0.167. The fourth-order valence-electron chi connectivity index (χ4n) is 0. The number of rotatable bonds is 1. The first-order valence-corrected chi connectivity index (χ1v) is 1.23. The van der Waals surface area contributed by atoms with E-state index in [1.54, 1.807) is 0 Å². The van der Waals surface area contributed by atoms with E-state index in [4.69, 9.17) is 0 Å². The van der Waals surface area contributed by atoms with Crippen LogP contribution in [0.2, 0.25) is 0 Å². The van der Waals surface area contributed by atoms with Crippen molar-refractivity contribution in [3.05, 3.63) is 0 Å². The van der Waals surface area contributed by atoms with Gasteiger partial charge in [-0.3, -0.25) is 0 Å². The zero-order valence-corrected chi connectivity index (χ0v) is 4.75. The minimum absolute atomic E-state index is 0. The van der Waals surface area contributed by atoms with Gasteiger partial charge < -0.3 is 4.84 Å². The van der Waals surface area contributed by atoms with Crippen LogP contribution in [0.5, 0.6) is 0 Å². The van der Waals surface area contributed by atoms with Crippen LogP contribution in [0, 0.1) is 0 Å². The van der Waals surface area contributed by atoms with E-state index in [9.17, 15) is 0 Å². The molecule has 5 heavy (non-hydrogen) atoms. The van der Waals surface area contributed by atoms with E-state index in [2.05, 4.69) is 10.7 Å². The van der Waals surface area contributed by atoms with E-state index in [1.807, 2.05) is 6.92 Å². The molecule has 2 nitrogen and oxygen atoms in total. The van der Waals surface area contributed by atoms with Crippen LogP contribution in [0.3, 0.4) is 0 Å². The molecule has 0 unspecified atom stereocenters. The molecule has 0 spiro atoms. The first-order chi connectivity index (χ1) is 1.91. The maximum absolute atomic E-state index is 4.53. The van der Waals surface area contributed by atoms with Crippen LogP contribution in [-0.2, 0) is 26.6 Å². The van der Waals surface area contributed by atoms with Crippen molar-refractivity contribution in [2.75, 3.05) is 6.61 Å². The molecule has 30 valence electrons. The normalized spacial score (nSPS) is 6.00. The summed E-state index contributed by atoms with van der Waals surface area (Å²) in [6.07, 6.45) is 0. The van der Waals surface area contributed by atoms with E-state index in [0.29, 0.717) is 6.61 Å². The summed E-state index contributed by atoms with van der Waals surface area (Å²) >= 11 is 0. The number of hydrogen-bond acceptors (Lipinski definition) is 2. The Hall–Kier alpha value is 0.634. The second kappa shape index (κ2) is 8.82. The molecule has 0 aromatic carbocycles. The summed E-state index contributed by atoms with van der Waals surface area (Å²) in [7, 11) is 0. The smallest absolute Gasteiger partial charge is 0.0651 e. The maximum atomic E-state index is 4.53. The van der Waals surface area contributed by atoms with Crippen molar-refractivity contribution in [1.29, 1.82) is 0 Å². The number of nitrogens with two attached hydrogens (primary N) is 1. The Balaban J connectivity index is 0. The van der Waals surface area contributed by atoms with Crippen molar-refractivity contribution in [1.82, 2.24) is 0 Å². The van der Waals surface area contributed by atoms with Crippen molar-refractivity contribution in [2.24, 2.45) is 5.90 Å².